The van der Waals surface area contributed by atoms with E-state index < -0.39 is 11.4 Å². The predicted octanol–water partition coefficient (Wildman–Crippen LogP) is 2.32. The first-order valence-corrected chi connectivity index (χ1v) is 7.08. The smallest absolute Gasteiger partial charge is 0.317 e. The summed E-state index contributed by atoms with van der Waals surface area (Å²) >= 11 is 0. The number of likely N-dealkylation sites (tertiary alicyclic amines) is 1. The number of nitrogens with one attached hydrogen (secondary N) is 1. The number of nitrogens with zero attached hydrogens (tertiary/aromatic N) is 1. The molecule has 2 amide bonds. The maximum atomic E-state index is 12.2. The Balaban J connectivity index is 2.57. The zero-order valence-corrected chi connectivity index (χ0v) is 12.4. The lowest BCUT2D eigenvalue weighted by molar-refractivity contribution is -0.147. The van der Waals surface area contributed by atoms with Gasteiger partial charge in [0.05, 0.1) is 5.41 Å². The molecule has 1 saturated heterocycles. The predicted molar refractivity (Wildman–Crippen MR) is 74.0 cm³/mol. The Bertz CT molecular complexity index is 346. The van der Waals surface area contributed by atoms with Gasteiger partial charge in [0.1, 0.15) is 0 Å². The van der Waals surface area contributed by atoms with Crippen molar-refractivity contribution in [3.05, 3.63) is 0 Å². The number of urea groups is 1. The number of piperidine rings is 1. The number of carbonyl (C=O) groups is 2. The fourth-order valence-electron chi connectivity index (χ4n) is 2.30. The van der Waals surface area contributed by atoms with Crippen LogP contribution in [0.25, 0.3) is 0 Å². The first kappa shape index (κ1) is 15.8. The van der Waals surface area contributed by atoms with E-state index in [2.05, 4.69) is 12.2 Å². The molecule has 2 N–H and O–H groups in total. The monoisotopic (exact) mass is 270 g/mol. The molecule has 0 aromatic heterocycles. The molecule has 0 aromatic rings. The summed E-state index contributed by atoms with van der Waals surface area (Å²) in [6.07, 6.45) is 2.65. The molecule has 0 aromatic carbocycles. The fourth-order valence-corrected chi connectivity index (χ4v) is 2.30. The minimum absolute atomic E-state index is 0.139. The summed E-state index contributed by atoms with van der Waals surface area (Å²) < 4.78 is 0. The highest BCUT2D eigenvalue weighted by molar-refractivity contribution is 5.78. The highest BCUT2D eigenvalue weighted by atomic mass is 16.4. The van der Waals surface area contributed by atoms with Crippen LogP contribution in [0.15, 0.2) is 0 Å². The number of hydrogen-bond donors (Lipinski definition) is 2. The van der Waals surface area contributed by atoms with Gasteiger partial charge in [-0.15, -0.1) is 0 Å². The molecule has 3 atom stereocenters. The lowest BCUT2D eigenvalue weighted by atomic mass is 9.88. The normalized spacial score (nSPS) is 26.6. The number of hydrogen-bond acceptors (Lipinski definition) is 2. The number of carboxylic acids is 1. The Morgan fingerprint density at radius 2 is 2.00 bits per heavy atom. The maximum absolute atomic E-state index is 12.2. The van der Waals surface area contributed by atoms with Crippen molar-refractivity contribution in [3.63, 3.8) is 0 Å². The highest BCUT2D eigenvalue weighted by Crippen LogP contribution is 2.23. The Morgan fingerprint density at radius 3 is 2.53 bits per heavy atom. The second-order valence-corrected chi connectivity index (χ2v) is 6.06. The average molecular weight is 270 g/mol. The van der Waals surface area contributed by atoms with E-state index in [1.165, 1.54) is 0 Å². The third kappa shape index (κ3) is 3.85. The summed E-state index contributed by atoms with van der Waals surface area (Å²) in [6.45, 7) is 8.60. The van der Waals surface area contributed by atoms with Crippen molar-refractivity contribution in [2.75, 3.05) is 13.1 Å². The largest absolute Gasteiger partial charge is 0.481 e. The van der Waals surface area contributed by atoms with Gasteiger partial charge in [0.25, 0.3) is 0 Å². The van der Waals surface area contributed by atoms with Crippen LogP contribution in [0.5, 0.6) is 0 Å². The molecule has 1 fully saturated rings. The molecule has 0 bridgehead atoms. The summed E-state index contributed by atoms with van der Waals surface area (Å²) in [4.78, 5) is 25.2. The molecule has 1 aliphatic rings. The van der Waals surface area contributed by atoms with Crippen molar-refractivity contribution in [2.24, 2.45) is 11.3 Å². The first-order valence-electron chi connectivity index (χ1n) is 7.08. The second kappa shape index (κ2) is 6.26. The van der Waals surface area contributed by atoms with Gasteiger partial charge in [0.2, 0.25) is 0 Å². The molecule has 1 aliphatic heterocycles. The van der Waals surface area contributed by atoms with Crippen LogP contribution in [-0.2, 0) is 4.79 Å². The lowest BCUT2D eigenvalue weighted by Crippen LogP contribution is -2.52. The van der Waals surface area contributed by atoms with E-state index in [9.17, 15) is 14.7 Å². The molecule has 5 nitrogen and oxygen atoms in total. The molecule has 0 saturated carbocycles. The van der Waals surface area contributed by atoms with Gasteiger partial charge in [-0.25, -0.2) is 4.79 Å². The number of carboxylic acid groups (broad SMARTS) is 1. The first-order chi connectivity index (χ1) is 8.80. The van der Waals surface area contributed by atoms with Crippen molar-refractivity contribution in [1.29, 1.82) is 0 Å². The van der Waals surface area contributed by atoms with Crippen LogP contribution in [0.3, 0.4) is 0 Å². The van der Waals surface area contributed by atoms with E-state index in [1.54, 1.807) is 6.92 Å². The molecule has 5 heteroatoms. The summed E-state index contributed by atoms with van der Waals surface area (Å²) in [5.74, 6) is -0.352. The van der Waals surface area contributed by atoms with Gasteiger partial charge in [-0.05, 0) is 39.0 Å². The maximum Gasteiger partial charge on any atom is 0.317 e. The number of amides is 2. The summed E-state index contributed by atoms with van der Waals surface area (Å²) in [5.41, 5.74) is -0.889. The molecule has 110 valence electrons. The Morgan fingerprint density at radius 1 is 1.37 bits per heavy atom. The van der Waals surface area contributed by atoms with Crippen molar-refractivity contribution in [3.8, 4) is 0 Å². The molecule has 1 heterocycles. The van der Waals surface area contributed by atoms with E-state index in [-0.39, 0.29) is 18.6 Å². The Kier molecular flexibility index (Phi) is 5.20. The van der Waals surface area contributed by atoms with Crippen LogP contribution < -0.4 is 5.32 Å². The van der Waals surface area contributed by atoms with E-state index in [1.807, 2.05) is 18.7 Å². The van der Waals surface area contributed by atoms with Crippen molar-refractivity contribution in [2.45, 2.75) is 53.0 Å². The van der Waals surface area contributed by atoms with Crippen LogP contribution in [0.2, 0.25) is 0 Å². The van der Waals surface area contributed by atoms with E-state index in [4.69, 9.17) is 0 Å². The molecule has 0 spiro atoms. The van der Waals surface area contributed by atoms with E-state index in [0.29, 0.717) is 12.3 Å². The quantitative estimate of drug-likeness (QED) is 0.823. The van der Waals surface area contributed by atoms with Crippen LogP contribution in [0, 0.1) is 11.3 Å². The van der Waals surface area contributed by atoms with E-state index >= 15 is 0 Å². The Labute approximate surface area is 115 Å². The number of aliphatic carboxylic acids is 1. The van der Waals surface area contributed by atoms with Crippen molar-refractivity contribution < 1.29 is 14.7 Å². The molecular formula is C14H26N2O3. The van der Waals surface area contributed by atoms with Gasteiger partial charge in [-0.2, -0.15) is 0 Å². The van der Waals surface area contributed by atoms with Crippen LogP contribution in [0.4, 0.5) is 4.79 Å². The zero-order chi connectivity index (χ0) is 14.6. The van der Waals surface area contributed by atoms with E-state index in [0.717, 1.165) is 19.4 Å². The van der Waals surface area contributed by atoms with Gasteiger partial charge < -0.3 is 15.3 Å². The summed E-state index contributed by atoms with van der Waals surface area (Å²) in [6, 6.07) is 0.0916. The van der Waals surface area contributed by atoms with Crippen molar-refractivity contribution >= 4 is 12.0 Å². The van der Waals surface area contributed by atoms with Gasteiger partial charge in [-0.3, -0.25) is 4.79 Å². The van der Waals surface area contributed by atoms with Crippen LogP contribution in [-0.4, -0.2) is 41.1 Å². The SMILES string of the molecule is CCC(C)(CNC(=O)N1CC(C)CCC1C)C(=O)O. The minimum Gasteiger partial charge on any atom is -0.481 e. The molecule has 1 rings (SSSR count). The standard InChI is InChI=1S/C14H26N2O3/c1-5-14(4,12(17)18)9-15-13(19)16-8-10(2)6-7-11(16)3/h10-11H,5-9H2,1-4H3,(H,15,19)(H,17,18). The van der Waals surface area contributed by atoms with Crippen LogP contribution in [0.1, 0.15) is 47.0 Å². The molecule has 0 aliphatic carbocycles. The van der Waals surface area contributed by atoms with Gasteiger partial charge >= 0.3 is 12.0 Å². The topological polar surface area (TPSA) is 69.6 Å². The number of rotatable bonds is 4. The molecule has 3 unspecified atom stereocenters. The molecule has 19 heavy (non-hydrogen) atoms. The average Bonchev–Trinajstić information content (AvgIpc) is 2.38. The zero-order valence-electron chi connectivity index (χ0n) is 12.4. The highest BCUT2D eigenvalue weighted by Gasteiger charge is 2.33. The van der Waals surface area contributed by atoms with Gasteiger partial charge in [0, 0.05) is 19.1 Å². The molecule has 0 radical (unpaired) electrons. The number of carbonyl (C=O) groups excluding carboxylic acids is 1. The molecular weight excluding hydrogens is 244 g/mol. The van der Waals surface area contributed by atoms with Crippen LogP contribution >= 0.6 is 0 Å². The second-order valence-electron chi connectivity index (χ2n) is 6.06. The third-order valence-electron chi connectivity index (χ3n) is 4.30. The summed E-state index contributed by atoms with van der Waals surface area (Å²) in [5, 5.41) is 12.0. The summed E-state index contributed by atoms with van der Waals surface area (Å²) in [7, 11) is 0. The van der Waals surface area contributed by atoms with Gasteiger partial charge in [-0.1, -0.05) is 13.8 Å². The van der Waals surface area contributed by atoms with Gasteiger partial charge in [0.15, 0.2) is 0 Å². The van der Waals surface area contributed by atoms with Crippen molar-refractivity contribution in [1.82, 2.24) is 10.2 Å². The third-order valence-corrected chi connectivity index (χ3v) is 4.30. The lowest BCUT2D eigenvalue weighted by Gasteiger charge is -2.37. The Hall–Kier alpha value is -1.26. The minimum atomic E-state index is -0.889. The fraction of sp³-hybridized carbons (Fsp3) is 0.857.